The third-order valence-electron chi connectivity index (χ3n) is 3.27. The maximum absolute atomic E-state index is 12.2. The van der Waals surface area contributed by atoms with Crippen molar-refractivity contribution >= 4 is 38.3 Å². The molecule has 0 spiro atoms. The van der Waals surface area contributed by atoms with Gasteiger partial charge >= 0.3 is 0 Å². The standard InChI is InChI=1S/C17H14BrN3OS/c1-11-6-7-13(9-19-11)16(22)21-17-20-10-14(23-17)8-12-4-2-3-5-15(12)18/h2-7,9-10H,8H2,1H3,(H,20,21,22). The van der Waals surface area contributed by atoms with Crippen LogP contribution in [0.15, 0.2) is 53.3 Å². The highest BCUT2D eigenvalue weighted by Crippen LogP contribution is 2.25. The number of benzene rings is 1. The highest BCUT2D eigenvalue weighted by molar-refractivity contribution is 9.10. The van der Waals surface area contributed by atoms with Crippen LogP contribution in [0.2, 0.25) is 0 Å². The average Bonchev–Trinajstić information content (AvgIpc) is 2.97. The molecule has 0 radical (unpaired) electrons. The van der Waals surface area contributed by atoms with Gasteiger partial charge in [0.05, 0.1) is 5.56 Å². The van der Waals surface area contributed by atoms with Gasteiger partial charge in [-0.2, -0.15) is 0 Å². The Hall–Kier alpha value is -2.05. The van der Waals surface area contributed by atoms with Gasteiger partial charge in [0.1, 0.15) is 0 Å². The van der Waals surface area contributed by atoms with E-state index in [2.05, 4.69) is 37.3 Å². The van der Waals surface area contributed by atoms with Crippen LogP contribution in [0, 0.1) is 6.92 Å². The summed E-state index contributed by atoms with van der Waals surface area (Å²) in [6.07, 6.45) is 4.15. The lowest BCUT2D eigenvalue weighted by Gasteiger charge is -2.02. The number of carbonyl (C=O) groups is 1. The van der Waals surface area contributed by atoms with Crippen molar-refractivity contribution in [3.8, 4) is 0 Å². The Balaban J connectivity index is 1.68. The zero-order valence-electron chi connectivity index (χ0n) is 12.4. The van der Waals surface area contributed by atoms with Crippen LogP contribution in [0.1, 0.15) is 26.5 Å². The average molecular weight is 388 g/mol. The first-order chi connectivity index (χ1) is 11.1. The summed E-state index contributed by atoms with van der Waals surface area (Å²) >= 11 is 5.02. The van der Waals surface area contributed by atoms with Gasteiger partial charge < -0.3 is 0 Å². The van der Waals surface area contributed by atoms with Crippen molar-refractivity contribution in [2.45, 2.75) is 13.3 Å². The summed E-state index contributed by atoms with van der Waals surface area (Å²) in [5.74, 6) is -0.195. The molecule has 1 N–H and O–H groups in total. The van der Waals surface area contributed by atoms with Crippen molar-refractivity contribution in [3.05, 3.63) is 75.0 Å². The number of aryl methyl sites for hydroxylation is 1. The zero-order valence-corrected chi connectivity index (χ0v) is 14.8. The Labute approximate surface area is 146 Å². The number of rotatable bonds is 4. The Kier molecular flexibility index (Phi) is 4.83. The summed E-state index contributed by atoms with van der Waals surface area (Å²) in [6, 6.07) is 11.7. The van der Waals surface area contributed by atoms with E-state index >= 15 is 0 Å². The van der Waals surface area contributed by atoms with Crippen LogP contribution in [-0.2, 0) is 6.42 Å². The van der Waals surface area contributed by atoms with Gasteiger partial charge in [-0.1, -0.05) is 34.1 Å². The first-order valence-electron chi connectivity index (χ1n) is 7.04. The van der Waals surface area contributed by atoms with Crippen molar-refractivity contribution in [2.24, 2.45) is 0 Å². The lowest BCUT2D eigenvalue weighted by molar-refractivity contribution is 0.102. The number of aromatic nitrogens is 2. The minimum atomic E-state index is -0.195. The fraction of sp³-hybridized carbons (Fsp3) is 0.118. The summed E-state index contributed by atoms with van der Waals surface area (Å²) in [5, 5.41) is 3.41. The first-order valence-corrected chi connectivity index (χ1v) is 8.65. The third kappa shape index (κ3) is 4.03. The molecule has 1 amide bonds. The summed E-state index contributed by atoms with van der Waals surface area (Å²) in [7, 11) is 0. The SMILES string of the molecule is Cc1ccc(C(=O)Nc2ncc(Cc3ccccc3Br)s2)cn1. The van der Waals surface area contributed by atoms with Crippen LogP contribution in [0.25, 0.3) is 0 Å². The van der Waals surface area contributed by atoms with E-state index in [1.165, 1.54) is 16.9 Å². The molecule has 2 heterocycles. The van der Waals surface area contributed by atoms with Crippen LogP contribution >= 0.6 is 27.3 Å². The van der Waals surface area contributed by atoms with E-state index in [0.29, 0.717) is 10.7 Å². The molecule has 6 heteroatoms. The fourth-order valence-electron chi connectivity index (χ4n) is 2.05. The molecule has 0 bridgehead atoms. The lowest BCUT2D eigenvalue weighted by atomic mass is 10.1. The van der Waals surface area contributed by atoms with Gasteiger partial charge in [0.15, 0.2) is 5.13 Å². The molecule has 0 saturated carbocycles. The molecule has 0 unspecified atom stereocenters. The summed E-state index contributed by atoms with van der Waals surface area (Å²) < 4.78 is 1.07. The van der Waals surface area contributed by atoms with E-state index in [0.717, 1.165) is 21.5 Å². The van der Waals surface area contributed by atoms with E-state index in [9.17, 15) is 4.79 Å². The van der Waals surface area contributed by atoms with Gasteiger partial charge in [-0.15, -0.1) is 11.3 Å². The summed E-state index contributed by atoms with van der Waals surface area (Å²) in [5.41, 5.74) is 2.60. The Morgan fingerprint density at radius 3 is 2.74 bits per heavy atom. The molecule has 3 rings (SSSR count). The van der Waals surface area contributed by atoms with Crippen molar-refractivity contribution in [3.63, 3.8) is 0 Å². The molecule has 0 atom stereocenters. The van der Waals surface area contributed by atoms with Gasteiger partial charge in [0.2, 0.25) is 0 Å². The number of hydrogen-bond donors (Lipinski definition) is 1. The lowest BCUT2D eigenvalue weighted by Crippen LogP contribution is -2.11. The Morgan fingerprint density at radius 2 is 2.00 bits per heavy atom. The number of halogens is 1. The summed E-state index contributed by atoms with van der Waals surface area (Å²) in [4.78, 5) is 21.7. The second-order valence-corrected chi connectivity index (χ2v) is 7.01. The second kappa shape index (κ2) is 7.02. The number of carbonyl (C=O) groups excluding carboxylic acids is 1. The van der Waals surface area contributed by atoms with Crippen molar-refractivity contribution < 1.29 is 4.79 Å². The van der Waals surface area contributed by atoms with Gasteiger partial charge in [-0.25, -0.2) is 4.98 Å². The van der Waals surface area contributed by atoms with Crippen LogP contribution in [0.5, 0.6) is 0 Å². The number of anilines is 1. The predicted octanol–water partition coefficient (Wildman–Crippen LogP) is 4.45. The maximum atomic E-state index is 12.2. The van der Waals surface area contributed by atoms with Crippen LogP contribution in [-0.4, -0.2) is 15.9 Å². The number of amides is 1. The van der Waals surface area contributed by atoms with E-state index in [4.69, 9.17) is 0 Å². The van der Waals surface area contributed by atoms with Crippen LogP contribution in [0.3, 0.4) is 0 Å². The highest BCUT2D eigenvalue weighted by atomic mass is 79.9. The molecule has 0 aliphatic carbocycles. The molecule has 23 heavy (non-hydrogen) atoms. The Morgan fingerprint density at radius 1 is 1.17 bits per heavy atom. The van der Waals surface area contributed by atoms with E-state index in [-0.39, 0.29) is 5.91 Å². The highest BCUT2D eigenvalue weighted by Gasteiger charge is 2.10. The van der Waals surface area contributed by atoms with Gasteiger partial charge in [-0.3, -0.25) is 15.1 Å². The quantitative estimate of drug-likeness (QED) is 0.719. The summed E-state index contributed by atoms with van der Waals surface area (Å²) in [6.45, 7) is 1.89. The van der Waals surface area contributed by atoms with Crippen LogP contribution in [0.4, 0.5) is 5.13 Å². The van der Waals surface area contributed by atoms with Crippen molar-refractivity contribution in [2.75, 3.05) is 5.32 Å². The second-order valence-electron chi connectivity index (χ2n) is 5.04. The molecule has 1 aromatic carbocycles. The monoisotopic (exact) mass is 387 g/mol. The fourth-order valence-corrected chi connectivity index (χ4v) is 3.30. The number of thiazole rings is 1. The Bertz CT molecular complexity index is 830. The molecule has 2 aromatic heterocycles. The molecule has 0 aliphatic rings. The number of nitrogens with one attached hydrogen (secondary N) is 1. The first kappa shape index (κ1) is 15.8. The largest absolute Gasteiger partial charge is 0.298 e. The predicted molar refractivity (Wildman–Crippen MR) is 96.0 cm³/mol. The van der Waals surface area contributed by atoms with Crippen LogP contribution < -0.4 is 5.32 Å². The maximum Gasteiger partial charge on any atom is 0.259 e. The normalized spacial score (nSPS) is 10.5. The van der Waals surface area contributed by atoms with Crippen molar-refractivity contribution in [1.82, 2.24) is 9.97 Å². The van der Waals surface area contributed by atoms with Gasteiger partial charge in [0, 0.05) is 33.9 Å². The van der Waals surface area contributed by atoms with Gasteiger partial charge in [0.25, 0.3) is 5.91 Å². The smallest absolute Gasteiger partial charge is 0.259 e. The molecule has 3 aromatic rings. The minimum absolute atomic E-state index is 0.195. The van der Waals surface area contributed by atoms with Crippen molar-refractivity contribution in [1.29, 1.82) is 0 Å². The molecule has 116 valence electrons. The number of pyridine rings is 1. The molecule has 0 aliphatic heterocycles. The molecular weight excluding hydrogens is 374 g/mol. The van der Waals surface area contributed by atoms with E-state index in [1.54, 1.807) is 18.5 Å². The minimum Gasteiger partial charge on any atom is -0.298 e. The number of nitrogens with zero attached hydrogens (tertiary/aromatic N) is 2. The molecular formula is C17H14BrN3OS. The zero-order chi connectivity index (χ0) is 16.2. The number of hydrogen-bond acceptors (Lipinski definition) is 4. The molecule has 0 saturated heterocycles. The van der Waals surface area contributed by atoms with Gasteiger partial charge in [-0.05, 0) is 30.7 Å². The topological polar surface area (TPSA) is 54.9 Å². The van der Waals surface area contributed by atoms with E-state index < -0.39 is 0 Å². The third-order valence-corrected chi connectivity index (χ3v) is 4.96. The molecule has 0 fully saturated rings. The molecule has 4 nitrogen and oxygen atoms in total. The van der Waals surface area contributed by atoms with E-state index in [1.807, 2.05) is 31.2 Å².